The Balaban J connectivity index is 2.33. The van der Waals surface area contributed by atoms with Crippen molar-refractivity contribution in [1.29, 1.82) is 0 Å². The normalized spacial score (nSPS) is 10.2. The van der Waals surface area contributed by atoms with Crippen LogP contribution in [0.25, 0.3) is 0 Å². The molecule has 0 bridgehead atoms. The maximum atomic E-state index is 12.7. The Labute approximate surface area is 129 Å². The van der Waals surface area contributed by atoms with Crippen molar-refractivity contribution in [3.8, 4) is 0 Å². The molecule has 0 unspecified atom stereocenters. The van der Waals surface area contributed by atoms with Gasteiger partial charge in [-0.2, -0.15) is 0 Å². The fourth-order valence-corrected chi connectivity index (χ4v) is 2.08. The number of carboxylic acid groups (broad SMARTS) is 1. The van der Waals surface area contributed by atoms with Crippen molar-refractivity contribution in [1.82, 2.24) is 4.98 Å². The van der Waals surface area contributed by atoms with Gasteiger partial charge in [0.25, 0.3) is 5.91 Å². The van der Waals surface area contributed by atoms with Gasteiger partial charge in [0.2, 0.25) is 0 Å². The molecule has 1 aromatic heterocycles. The number of aromatic nitrogens is 1. The first kappa shape index (κ1) is 15.7. The molecule has 5 nitrogen and oxygen atoms in total. The molecule has 2 rings (SSSR count). The summed E-state index contributed by atoms with van der Waals surface area (Å²) in [5, 5.41) is 9.00. The predicted octanol–water partition coefficient (Wildman–Crippen LogP) is 3.23. The number of unbranched alkanes of at least 4 members (excludes halogenated alkanes) is 1. The molecular formula is C17H18N2O3. The predicted molar refractivity (Wildman–Crippen MR) is 84.2 cm³/mol. The van der Waals surface area contributed by atoms with Crippen LogP contribution in [0.3, 0.4) is 0 Å². The van der Waals surface area contributed by atoms with E-state index in [0.717, 1.165) is 18.5 Å². The summed E-state index contributed by atoms with van der Waals surface area (Å²) in [5.41, 5.74) is 0.790. The SMILES string of the molecule is CCCCN(C(=O)c1cccc(C(=O)O)n1)c1ccccc1. The minimum absolute atomic E-state index is 0.130. The number of para-hydroxylation sites is 1. The first-order valence-electron chi connectivity index (χ1n) is 7.20. The number of amides is 1. The lowest BCUT2D eigenvalue weighted by Crippen LogP contribution is -2.32. The molecule has 0 aliphatic heterocycles. The van der Waals surface area contributed by atoms with Crippen LogP contribution in [0.2, 0.25) is 0 Å². The van der Waals surface area contributed by atoms with Crippen LogP contribution in [-0.2, 0) is 0 Å². The third-order valence-electron chi connectivity index (χ3n) is 3.24. The van der Waals surface area contributed by atoms with Gasteiger partial charge in [-0.1, -0.05) is 37.6 Å². The second kappa shape index (κ2) is 7.36. The standard InChI is InChI=1S/C17H18N2O3/c1-2-3-12-19(13-8-5-4-6-9-13)16(20)14-10-7-11-15(18-14)17(21)22/h4-11H,2-3,12H2,1H3,(H,21,22). The van der Waals surface area contributed by atoms with E-state index in [2.05, 4.69) is 11.9 Å². The van der Waals surface area contributed by atoms with E-state index < -0.39 is 5.97 Å². The van der Waals surface area contributed by atoms with Crippen molar-refractivity contribution in [3.05, 3.63) is 59.9 Å². The number of carbonyl (C=O) groups excluding carboxylic acids is 1. The lowest BCUT2D eigenvalue weighted by Gasteiger charge is -2.22. The Morgan fingerprint density at radius 3 is 2.36 bits per heavy atom. The second-order valence-electron chi connectivity index (χ2n) is 4.86. The molecule has 1 amide bonds. The number of anilines is 1. The first-order valence-corrected chi connectivity index (χ1v) is 7.20. The van der Waals surface area contributed by atoms with Crippen molar-refractivity contribution in [3.63, 3.8) is 0 Å². The van der Waals surface area contributed by atoms with E-state index in [1.165, 1.54) is 18.2 Å². The van der Waals surface area contributed by atoms with Crippen LogP contribution in [0.1, 0.15) is 40.7 Å². The summed E-state index contributed by atoms with van der Waals surface area (Å²) < 4.78 is 0. The van der Waals surface area contributed by atoms with Crippen molar-refractivity contribution in [2.75, 3.05) is 11.4 Å². The summed E-state index contributed by atoms with van der Waals surface area (Å²) in [6.45, 7) is 2.62. The van der Waals surface area contributed by atoms with Crippen LogP contribution in [0, 0.1) is 0 Å². The van der Waals surface area contributed by atoms with E-state index in [1.807, 2.05) is 30.3 Å². The molecule has 0 atom stereocenters. The summed E-state index contributed by atoms with van der Waals surface area (Å²) >= 11 is 0. The van der Waals surface area contributed by atoms with Crippen LogP contribution < -0.4 is 4.90 Å². The number of aromatic carboxylic acids is 1. The minimum atomic E-state index is -1.14. The highest BCUT2D eigenvalue weighted by atomic mass is 16.4. The number of carbonyl (C=O) groups is 2. The summed E-state index contributed by atoms with van der Waals surface area (Å²) in [6, 6.07) is 13.8. The average Bonchev–Trinajstić information content (AvgIpc) is 2.56. The largest absolute Gasteiger partial charge is 0.477 e. The molecule has 0 fully saturated rings. The molecule has 1 N–H and O–H groups in total. The first-order chi connectivity index (χ1) is 10.6. The van der Waals surface area contributed by atoms with Gasteiger partial charge in [0.15, 0.2) is 0 Å². The van der Waals surface area contributed by atoms with Gasteiger partial charge in [-0.15, -0.1) is 0 Å². The molecule has 0 radical (unpaired) electrons. The second-order valence-corrected chi connectivity index (χ2v) is 4.86. The molecule has 0 aliphatic carbocycles. The summed E-state index contributed by atoms with van der Waals surface area (Å²) in [5.74, 6) is -1.43. The van der Waals surface area contributed by atoms with E-state index in [4.69, 9.17) is 5.11 Å². The van der Waals surface area contributed by atoms with Crippen LogP contribution in [-0.4, -0.2) is 28.5 Å². The Morgan fingerprint density at radius 2 is 1.73 bits per heavy atom. The Morgan fingerprint density at radius 1 is 1.05 bits per heavy atom. The fourth-order valence-electron chi connectivity index (χ4n) is 2.08. The Hall–Kier alpha value is -2.69. The van der Waals surface area contributed by atoms with Crippen LogP contribution in [0.5, 0.6) is 0 Å². The summed E-state index contributed by atoms with van der Waals surface area (Å²) in [4.78, 5) is 29.3. The zero-order chi connectivity index (χ0) is 15.9. The van der Waals surface area contributed by atoms with Gasteiger partial charge in [-0.05, 0) is 30.7 Å². The minimum Gasteiger partial charge on any atom is -0.477 e. The van der Waals surface area contributed by atoms with Crippen molar-refractivity contribution in [2.24, 2.45) is 0 Å². The third kappa shape index (κ3) is 3.69. The Bertz CT molecular complexity index is 656. The van der Waals surface area contributed by atoms with Gasteiger partial charge in [0.05, 0.1) is 0 Å². The van der Waals surface area contributed by atoms with Gasteiger partial charge in [-0.25, -0.2) is 9.78 Å². The highest BCUT2D eigenvalue weighted by Crippen LogP contribution is 2.17. The van der Waals surface area contributed by atoms with Crippen LogP contribution in [0.4, 0.5) is 5.69 Å². The highest BCUT2D eigenvalue weighted by Gasteiger charge is 2.19. The van der Waals surface area contributed by atoms with E-state index in [-0.39, 0.29) is 17.3 Å². The van der Waals surface area contributed by atoms with Gasteiger partial charge in [0, 0.05) is 12.2 Å². The van der Waals surface area contributed by atoms with E-state index in [9.17, 15) is 9.59 Å². The number of hydrogen-bond acceptors (Lipinski definition) is 3. The van der Waals surface area contributed by atoms with Crippen molar-refractivity contribution in [2.45, 2.75) is 19.8 Å². The summed E-state index contributed by atoms with van der Waals surface area (Å²) in [6.07, 6.45) is 1.82. The number of nitrogens with zero attached hydrogens (tertiary/aromatic N) is 2. The maximum absolute atomic E-state index is 12.7. The monoisotopic (exact) mass is 298 g/mol. The number of benzene rings is 1. The van der Waals surface area contributed by atoms with Gasteiger partial charge in [0.1, 0.15) is 11.4 Å². The topological polar surface area (TPSA) is 70.5 Å². The molecule has 5 heteroatoms. The summed E-state index contributed by atoms with van der Waals surface area (Å²) in [7, 11) is 0. The fraction of sp³-hybridized carbons (Fsp3) is 0.235. The zero-order valence-electron chi connectivity index (χ0n) is 12.4. The van der Waals surface area contributed by atoms with Crippen LogP contribution >= 0.6 is 0 Å². The molecule has 0 spiro atoms. The number of pyridine rings is 1. The molecule has 1 heterocycles. The maximum Gasteiger partial charge on any atom is 0.354 e. The number of rotatable bonds is 6. The number of hydrogen-bond donors (Lipinski definition) is 1. The van der Waals surface area contributed by atoms with Gasteiger partial charge in [-0.3, -0.25) is 4.79 Å². The van der Waals surface area contributed by atoms with Gasteiger partial charge < -0.3 is 10.0 Å². The molecule has 1 aromatic carbocycles. The smallest absolute Gasteiger partial charge is 0.354 e. The van der Waals surface area contributed by atoms with Gasteiger partial charge >= 0.3 is 5.97 Å². The zero-order valence-corrected chi connectivity index (χ0v) is 12.4. The molecule has 0 saturated carbocycles. The quantitative estimate of drug-likeness (QED) is 0.889. The van der Waals surface area contributed by atoms with E-state index in [1.54, 1.807) is 4.90 Å². The van der Waals surface area contributed by atoms with E-state index in [0.29, 0.717) is 6.54 Å². The lowest BCUT2D eigenvalue weighted by molar-refractivity contribution is 0.0690. The van der Waals surface area contributed by atoms with Crippen molar-refractivity contribution < 1.29 is 14.7 Å². The van der Waals surface area contributed by atoms with Crippen molar-refractivity contribution >= 4 is 17.6 Å². The molecular weight excluding hydrogens is 280 g/mol. The number of carboxylic acids is 1. The molecule has 0 saturated heterocycles. The Kier molecular flexibility index (Phi) is 5.25. The lowest BCUT2D eigenvalue weighted by atomic mass is 10.2. The molecule has 114 valence electrons. The molecule has 2 aromatic rings. The molecule has 0 aliphatic rings. The third-order valence-corrected chi connectivity index (χ3v) is 3.24. The average molecular weight is 298 g/mol. The van der Waals surface area contributed by atoms with Crippen LogP contribution in [0.15, 0.2) is 48.5 Å². The highest BCUT2D eigenvalue weighted by molar-refractivity contribution is 6.05. The van der Waals surface area contributed by atoms with E-state index >= 15 is 0 Å². The molecule has 22 heavy (non-hydrogen) atoms.